The number of para-hydroxylation sites is 1. The summed E-state index contributed by atoms with van der Waals surface area (Å²) in [5, 5.41) is 3.61. The molecule has 1 atom stereocenters. The van der Waals surface area contributed by atoms with Crippen molar-refractivity contribution in [1.29, 1.82) is 0 Å². The van der Waals surface area contributed by atoms with Gasteiger partial charge in [0, 0.05) is 24.8 Å². The maximum atomic E-state index is 12.0. The largest absolute Gasteiger partial charge is 0.352 e. The predicted molar refractivity (Wildman–Crippen MR) is 96.9 cm³/mol. The molecule has 1 aliphatic rings. The van der Waals surface area contributed by atoms with Crippen molar-refractivity contribution < 1.29 is 4.79 Å². The standard InChI is InChI=1S/C17H22N4O2S/c18-9-14(11-5-6-11)20-16(22)7-8-24-10-15-19-13-4-2-1-3-12(13)17(23)21-15/h1-4,11,14H,5-10,18H2,(H,20,22)(H,19,21,23). The molecule has 1 aromatic carbocycles. The van der Waals surface area contributed by atoms with Gasteiger partial charge in [0.2, 0.25) is 5.91 Å². The normalized spacial score (nSPS) is 15.4. The third-order valence-electron chi connectivity index (χ3n) is 4.17. The van der Waals surface area contributed by atoms with Gasteiger partial charge in [0.15, 0.2) is 0 Å². The van der Waals surface area contributed by atoms with Crippen molar-refractivity contribution in [2.24, 2.45) is 11.7 Å². The molecule has 4 N–H and O–H groups in total. The molecule has 2 aromatic rings. The molecule has 6 nitrogen and oxygen atoms in total. The van der Waals surface area contributed by atoms with Crippen molar-refractivity contribution in [2.75, 3.05) is 12.3 Å². The summed E-state index contributed by atoms with van der Waals surface area (Å²) in [4.78, 5) is 31.2. The average Bonchev–Trinajstić information content (AvgIpc) is 3.41. The second-order valence-corrected chi connectivity index (χ2v) is 7.18. The van der Waals surface area contributed by atoms with Crippen LogP contribution in [0.2, 0.25) is 0 Å². The summed E-state index contributed by atoms with van der Waals surface area (Å²) >= 11 is 1.59. The lowest BCUT2D eigenvalue weighted by atomic mass is 10.2. The zero-order valence-electron chi connectivity index (χ0n) is 13.5. The van der Waals surface area contributed by atoms with Crippen molar-refractivity contribution in [3.63, 3.8) is 0 Å². The number of amides is 1. The quantitative estimate of drug-likeness (QED) is 0.627. The molecule has 128 valence electrons. The van der Waals surface area contributed by atoms with E-state index in [2.05, 4.69) is 15.3 Å². The first-order valence-electron chi connectivity index (χ1n) is 8.22. The number of hydrogen-bond donors (Lipinski definition) is 3. The lowest BCUT2D eigenvalue weighted by molar-refractivity contribution is -0.121. The molecule has 1 aliphatic carbocycles. The Morgan fingerprint density at radius 3 is 2.96 bits per heavy atom. The average molecular weight is 346 g/mol. The van der Waals surface area contributed by atoms with E-state index < -0.39 is 0 Å². The zero-order chi connectivity index (χ0) is 16.9. The Labute approximate surface area is 144 Å². The summed E-state index contributed by atoms with van der Waals surface area (Å²) in [6, 6.07) is 7.40. The van der Waals surface area contributed by atoms with Gasteiger partial charge >= 0.3 is 0 Å². The molecule has 1 saturated carbocycles. The summed E-state index contributed by atoms with van der Waals surface area (Å²) in [5.41, 5.74) is 6.27. The van der Waals surface area contributed by atoms with Crippen LogP contribution in [0.3, 0.4) is 0 Å². The minimum absolute atomic E-state index is 0.0461. The molecule has 0 spiro atoms. The Morgan fingerprint density at radius 2 is 2.21 bits per heavy atom. The zero-order valence-corrected chi connectivity index (χ0v) is 14.3. The summed E-state index contributed by atoms with van der Waals surface area (Å²) in [6.45, 7) is 0.506. The number of carbonyl (C=O) groups excluding carboxylic acids is 1. The molecule has 1 unspecified atom stereocenters. The number of benzene rings is 1. The van der Waals surface area contributed by atoms with Crippen LogP contribution >= 0.6 is 11.8 Å². The van der Waals surface area contributed by atoms with Gasteiger partial charge in [-0.05, 0) is 30.9 Å². The summed E-state index contributed by atoms with van der Waals surface area (Å²) in [7, 11) is 0. The lowest BCUT2D eigenvalue weighted by Crippen LogP contribution is -2.41. The number of fused-ring (bicyclic) bond motifs is 1. The topological polar surface area (TPSA) is 101 Å². The summed E-state index contributed by atoms with van der Waals surface area (Å²) < 4.78 is 0. The lowest BCUT2D eigenvalue weighted by Gasteiger charge is -2.15. The number of nitrogens with zero attached hydrogens (tertiary/aromatic N) is 1. The molecule has 0 radical (unpaired) electrons. The molecular weight excluding hydrogens is 324 g/mol. The fraction of sp³-hybridized carbons (Fsp3) is 0.471. The van der Waals surface area contributed by atoms with Gasteiger partial charge in [-0.2, -0.15) is 11.8 Å². The summed E-state index contributed by atoms with van der Waals surface area (Å²) in [6.07, 6.45) is 2.78. The molecule has 1 amide bonds. The molecule has 1 heterocycles. The molecule has 0 saturated heterocycles. The molecule has 7 heteroatoms. The van der Waals surface area contributed by atoms with Crippen LogP contribution in [0.15, 0.2) is 29.1 Å². The highest BCUT2D eigenvalue weighted by Crippen LogP contribution is 2.32. The molecule has 3 rings (SSSR count). The summed E-state index contributed by atoms with van der Waals surface area (Å²) in [5.74, 6) is 2.52. The predicted octanol–water partition coefficient (Wildman–Crippen LogP) is 1.40. The molecule has 1 aromatic heterocycles. The van der Waals surface area contributed by atoms with E-state index in [0.29, 0.717) is 47.1 Å². The van der Waals surface area contributed by atoms with E-state index in [0.717, 1.165) is 12.8 Å². The number of H-pyrrole nitrogens is 1. The van der Waals surface area contributed by atoms with Crippen molar-refractivity contribution >= 4 is 28.6 Å². The first-order chi connectivity index (χ1) is 11.7. The van der Waals surface area contributed by atoms with Gasteiger partial charge < -0.3 is 16.0 Å². The van der Waals surface area contributed by atoms with Crippen LogP contribution in [-0.2, 0) is 10.5 Å². The Morgan fingerprint density at radius 1 is 1.42 bits per heavy atom. The van der Waals surface area contributed by atoms with Crippen molar-refractivity contribution in [2.45, 2.75) is 31.1 Å². The van der Waals surface area contributed by atoms with Gasteiger partial charge in [-0.15, -0.1) is 0 Å². The number of nitrogens with two attached hydrogens (primary N) is 1. The van der Waals surface area contributed by atoms with E-state index >= 15 is 0 Å². The van der Waals surface area contributed by atoms with E-state index in [1.165, 1.54) is 0 Å². The van der Waals surface area contributed by atoms with E-state index in [-0.39, 0.29) is 17.5 Å². The number of nitrogens with one attached hydrogen (secondary N) is 2. The third-order valence-corrected chi connectivity index (χ3v) is 5.14. The van der Waals surface area contributed by atoms with Crippen molar-refractivity contribution in [3.8, 4) is 0 Å². The SMILES string of the molecule is NCC(NC(=O)CCSCc1nc2ccccc2c(=O)[nH]1)C1CC1. The van der Waals surface area contributed by atoms with Gasteiger partial charge in [0.05, 0.1) is 16.7 Å². The number of carbonyl (C=O) groups is 1. The number of rotatable bonds is 8. The molecule has 24 heavy (non-hydrogen) atoms. The van der Waals surface area contributed by atoms with Crippen LogP contribution < -0.4 is 16.6 Å². The monoisotopic (exact) mass is 346 g/mol. The first kappa shape index (κ1) is 17.0. The maximum Gasteiger partial charge on any atom is 0.258 e. The van der Waals surface area contributed by atoms with E-state index in [9.17, 15) is 9.59 Å². The van der Waals surface area contributed by atoms with Crippen LogP contribution in [0.4, 0.5) is 0 Å². The fourth-order valence-corrected chi connectivity index (χ4v) is 3.49. The van der Waals surface area contributed by atoms with Crippen LogP contribution in [0.5, 0.6) is 0 Å². The Hall–Kier alpha value is -1.86. The fourth-order valence-electron chi connectivity index (χ4n) is 2.68. The Balaban J connectivity index is 1.46. The third kappa shape index (κ3) is 4.36. The van der Waals surface area contributed by atoms with Gasteiger partial charge in [0.1, 0.15) is 5.82 Å². The van der Waals surface area contributed by atoms with Gasteiger partial charge in [-0.1, -0.05) is 12.1 Å². The van der Waals surface area contributed by atoms with Crippen molar-refractivity contribution in [1.82, 2.24) is 15.3 Å². The smallest absolute Gasteiger partial charge is 0.258 e. The van der Waals surface area contributed by atoms with Crippen LogP contribution in [0, 0.1) is 5.92 Å². The van der Waals surface area contributed by atoms with Gasteiger partial charge in [-0.25, -0.2) is 4.98 Å². The van der Waals surface area contributed by atoms with Crippen LogP contribution in [0.1, 0.15) is 25.1 Å². The van der Waals surface area contributed by atoms with E-state index in [4.69, 9.17) is 5.73 Å². The van der Waals surface area contributed by atoms with Crippen LogP contribution in [-0.4, -0.2) is 34.2 Å². The number of aromatic amines is 1. The van der Waals surface area contributed by atoms with Gasteiger partial charge in [0.25, 0.3) is 5.56 Å². The number of hydrogen-bond acceptors (Lipinski definition) is 5. The Kier molecular flexibility index (Phi) is 5.52. The molecule has 0 bridgehead atoms. The second kappa shape index (κ2) is 7.81. The molecule has 0 aliphatic heterocycles. The number of aromatic nitrogens is 2. The first-order valence-corrected chi connectivity index (χ1v) is 9.38. The van der Waals surface area contributed by atoms with Gasteiger partial charge in [-0.3, -0.25) is 9.59 Å². The van der Waals surface area contributed by atoms with E-state index in [1.54, 1.807) is 17.8 Å². The highest BCUT2D eigenvalue weighted by Gasteiger charge is 2.30. The Bertz CT molecular complexity index is 773. The minimum atomic E-state index is -0.121. The minimum Gasteiger partial charge on any atom is -0.352 e. The van der Waals surface area contributed by atoms with Crippen LogP contribution in [0.25, 0.3) is 10.9 Å². The van der Waals surface area contributed by atoms with E-state index in [1.807, 2.05) is 18.2 Å². The maximum absolute atomic E-state index is 12.0. The molecule has 1 fully saturated rings. The van der Waals surface area contributed by atoms with Crippen molar-refractivity contribution in [3.05, 3.63) is 40.4 Å². The number of thioether (sulfide) groups is 1. The highest BCUT2D eigenvalue weighted by molar-refractivity contribution is 7.98. The molecular formula is C17H22N4O2S. The second-order valence-electron chi connectivity index (χ2n) is 6.08. The highest BCUT2D eigenvalue weighted by atomic mass is 32.2.